The van der Waals surface area contributed by atoms with E-state index in [0.717, 1.165) is 38.8 Å². The molecular formula is C19H33N5O4. The average molecular weight is 396 g/mol. The second-order valence-corrected chi connectivity index (χ2v) is 7.87. The fourth-order valence-corrected chi connectivity index (χ4v) is 4.18. The van der Waals surface area contributed by atoms with Crippen molar-refractivity contribution >= 4 is 17.8 Å². The highest BCUT2D eigenvalue weighted by molar-refractivity contribution is 5.80. The van der Waals surface area contributed by atoms with Gasteiger partial charge in [-0.25, -0.2) is 4.79 Å². The first-order valence-electron chi connectivity index (χ1n) is 10.4. The Kier molecular flexibility index (Phi) is 7.50. The summed E-state index contributed by atoms with van der Waals surface area (Å²) in [6.45, 7) is 5.71. The van der Waals surface area contributed by atoms with Gasteiger partial charge in [0, 0.05) is 58.3 Å². The molecule has 2 N–H and O–H groups in total. The Balaban J connectivity index is 1.36. The molecular weight excluding hydrogens is 362 g/mol. The summed E-state index contributed by atoms with van der Waals surface area (Å²) in [5, 5.41) is 5.81. The lowest BCUT2D eigenvalue weighted by atomic mass is 9.85. The van der Waals surface area contributed by atoms with Crippen LogP contribution in [0.25, 0.3) is 0 Å². The summed E-state index contributed by atoms with van der Waals surface area (Å²) in [7, 11) is 1.67. The lowest BCUT2D eigenvalue weighted by Gasteiger charge is -2.37. The van der Waals surface area contributed by atoms with Crippen molar-refractivity contribution in [1.29, 1.82) is 0 Å². The highest BCUT2D eigenvalue weighted by Crippen LogP contribution is 2.24. The van der Waals surface area contributed by atoms with Gasteiger partial charge in [0.1, 0.15) is 0 Å². The summed E-state index contributed by atoms with van der Waals surface area (Å²) in [6.07, 6.45) is 3.30. The van der Waals surface area contributed by atoms with Gasteiger partial charge in [0.25, 0.3) is 0 Å². The van der Waals surface area contributed by atoms with Crippen molar-refractivity contribution in [2.24, 2.45) is 5.92 Å². The highest BCUT2D eigenvalue weighted by Gasteiger charge is 2.29. The fourth-order valence-electron chi connectivity index (χ4n) is 4.18. The minimum atomic E-state index is -0.0522. The molecule has 4 amide bonds. The molecule has 9 nitrogen and oxygen atoms in total. The van der Waals surface area contributed by atoms with Crippen molar-refractivity contribution < 1.29 is 19.1 Å². The molecule has 1 saturated carbocycles. The molecule has 3 aliphatic rings. The Hall–Kier alpha value is -1.87. The molecule has 2 saturated heterocycles. The molecule has 2 heterocycles. The third-order valence-corrected chi connectivity index (χ3v) is 6.05. The predicted octanol–water partition coefficient (Wildman–Crippen LogP) is -0.523. The summed E-state index contributed by atoms with van der Waals surface area (Å²) < 4.78 is 5.32. The molecule has 0 radical (unpaired) electrons. The van der Waals surface area contributed by atoms with E-state index in [1.807, 2.05) is 4.90 Å². The van der Waals surface area contributed by atoms with Crippen LogP contribution in [-0.2, 0) is 14.3 Å². The maximum absolute atomic E-state index is 12.5. The highest BCUT2D eigenvalue weighted by atomic mass is 16.5. The maximum Gasteiger partial charge on any atom is 0.317 e. The second-order valence-electron chi connectivity index (χ2n) is 7.87. The minimum absolute atomic E-state index is 0.0522. The van der Waals surface area contributed by atoms with Crippen LogP contribution < -0.4 is 10.6 Å². The molecule has 3 fully saturated rings. The van der Waals surface area contributed by atoms with Gasteiger partial charge in [-0.3, -0.25) is 14.5 Å². The fraction of sp³-hybridized carbons (Fsp3) is 0.842. The quantitative estimate of drug-likeness (QED) is 0.668. The predicted molar refractivity (Wildman–Crippen MR) is 104 cm³/mol. The number of hydrogen-bond donors (Lipinski definition) is 2. The number of ether oxygens (including phenoxy) is 1. The average Bonchev–Trinajstić information content (AvgIpc) is 2.74. The Morgan fingerprint density at radius 3 is 2.11 bits per heavy atom. The monoisotopic (exact) mass is 395 g/mol. The van der Waals surface area contributed by atoms with Crippen LogP contribution in [0.15, 0.2) is 0 Å². The summed E-state index contributed by atoms with van der Waals surface area (Å²) in [4.78, 5) is 42.5. The van der Waals surface area contributed by atoms with E-state index >= 15 is 0 Å². The molecule has 0 unspecified atom stereocenters. The third-order valence-electron chi connectivity index (χ3n) is 6.05. The van der Waals surface area contributed by atoms with Gasteiger partial charge in [0.15, 0.2) is 0 Å². The summed E-state index contributed by atoms with van der Waals surface area (Å²) in [5.74, 6) is 0.302. The van der Waals surface area contributed by atoms with Gasteiger partial charge in [0.05, 0.1) is 19.8 Å². The van der Waals surface area contributed by atoms with Crippen molar-refractivity contribution in [2.45, 2.75) is 31.7 Å². The van der Waals surface area contributed by atoms with Crippen molar-refractivity contribution in [3.63, 3.8) is 0 Å². The molecule has 0 spiro atoms. The van der Waals surface area contributed by atoms with Gasteiger partial charge in [-0.15, -0.1) is 0 Å². The summed E-state index contributed by atoms with van der Waals surface area (Å²) in [5.41, 5.74) is 0. The molecule has 28 heavy (non-hydrogen) atoms. The molecule has 0 aromatic heterocycles. The third kappa shape index (κ3) is 5.57. The maximum atomic E-state index is 12.5. The first-order valence-corrected chi connectivity index (χ1v) is 10.4. The van der Waals surface area contributed by atoms with Gasteiger partial charge in [-0.1, -0.05) is 0 Å². The van der Waals surface area contributed by atoms with E-state index in [1.165, 1.54) is 0 Å². The lowest BCUT2D eigenvalue weighted by molar-refractivity contribution is -0.134. The minimum Gasteiger partial charge on any atom is -0.379 e. The first kappa shape index (κ1) is 20.9. The summed E-state index contributed by atoms with van der Waals surface area (Å²) >= 11 is 0. The number of nitrogens with one attached hydrogen (secondary N) is 2. The smallest absolute Gasteiger partial charge is 0.317 e. The van der Waals surface area contributed by atoms with Crippen molar-refractivity contribution in [1.82, 2.24) is 25.3 Å². The van der Waals surface area contributed by atoms with Gasteiger partial charge in [0.2, 0.25) is 11.8 Å². The Bertz CT molecular complexity index is 551. The topological polar surface area (TPSA) is 94.2 Å². The zero-order valence-corrected chi connectivity index (χ0v) is 16.8. The van der Waals surface area contributed by atoms with E-state index in [4.69, 9.17) is 4.74 Å². The van der Waals surface area contributed by atoms with Gasteiger partial charge in [-0.05, 0) is 25.7 Å². The van der Waals surface area contributed by atoms with E-state index in [2.05, 4.69) is 15.5 Å². The van der Waals surface area contributed by atoms with Gasteiger partial charge >= 0.3 is 6.03 Å². The number of piperazine rings is 1. The Morgan fingerprint density at radius 2 is 1.50 bits per heavy atom. The SMILES string of the molecule is CNC(=O)C1CCC(NC(=O)N2CCN(C(=O)CN3CCOCC3)CC2)CC1. The van der Waals surface area contributed by atoms with E-state index in [1.54, 1.807) is 11.9 Å². The number of nitrogens with zero attached hydrogens (tertiary/aromatic N) is 3. The van der Waals surface area contributed by atoms with Crippen LogP contribution in [0, 0.1) is 5.92 Å². The Labute approximate surface area is 166 Å². The standard InChI is InChI=1S/C19H33N5O4/c1-20-18(26)15-2-4-16(5-3-15)21-19(27)24-8-6-23(7-9-24)17(25)14-22-10-12-28-13-11-22/h15-16H,2-14H2,1H3,(H,20,26)(H,21,27). The molecule has 0 aromatic carbocycles. The Morgan fingerprint density at radius 1 is 0.893 bits per heavy atom. The van der Waals surface area contributed by atoms with Crippen LogP contribution in [0.3, 0.4) is 0 Å². The molecule has 3 rings (SSSR count). The van der Waals surface area contributed by atoms with Crippen molar-refractivity contribution in [3.8, 4) is 0 Å². The number of amides is 4. The molecule has 0 atom stereocenters. The largest absolute Gasteiger partial charge is 0.379 e. The zero-order valence-electron chi connectivity index (χ0n) is 16.8. The molecule has 2 aliphatic heterocycles. The number of carbonyl (C=O) groups excluding carboxylic acids is 3. The van der Waals surface area contributed by atoms with E-state index < -0.39 is 0 Å². The van der Waals surface area contributed by atoms with E-state index in [9.17, 15) is 14.4 Å². The number of hydrogen-bond acceptors (Lipinski definition) is 5. The van der Waals surface area contributed by atoms with Gasteiger partial charge in [-0.2, -0.15) is 0 Å². The van der Waals surface area contributed by atoms with Crippen LogP contribution >= 0.6 is 0 Å². The van der Waals surface area contributed by atoms with Crippen molar-refractivity contribution in [2.75, 3.05) is 66.1 Å². The lowest BCUT2D eigenvalue weighted by Crippen LogP contribution is -2.56. The van der Waals surface area contributed by atoms with Crippen molar-refractivity contribution in [3.05, 3.63) is 0 Å². The number of morpholine rings is 1. The van der Waals surface area contributed by atoms with Crippen LogP contribution in [-0.4, -0.2) is 105 Å². The van der Waals surface area contributed by atoms with E-state index in [-0.39, 0.29) is 29.8 Å². The molecule has 0 bridgehead atoms. The first-order chi connectivity index (χ1) is 13.6. The molecule has 0 aromatic rings. The normalized spacial score (nSPS) is 26.6. The second kappa shape index (κ2) is 10.1. The molecule has 1 aliphatic carbocycles. The zero-order chi connectivity index (χ0) is 19.9. The number of carbonyl (C=O) groups is 3. The van der Waals surface area contributed by atoms with Crippen LogP contribution in [0.5, 0.6) is 0 Å². The molecule has 158 valence electrons. The van der Waals surface area contributed by atoms with Crippen LogP contribution in [0.2, 0.25) is 0 Å². The molecule has 9 heteroatoms. The van der Waals surface area contributed by atoms with Crippen LogP contribution in [0.4, 0.5) is 4.79 Å². The van der Waals surface area contributed by atoms with Crippen LogP contribution in [0.1, 0.15) is 25.7 Å². The number of rotatable bonds is 4. The van der Waals surface area contributed by atoms with Gasteiger partial charge < -0.3 is 25.2 Å². The van der Waals surface area contributed by atoms with E-state index in [0.29, 0.717) is 45.9 Å². The number of urea groups is 1. The summed E-state index contributed by atoms with van der Waals surface area (Å²) in [6, 6.07) is 0.0815.